The zero-order valence-electron chi connectivity index (χ0n) is 15.2. The molecule has 1 fully saturated rings. The molecule has 2 aromatic rings. The van der Waals surface area contributed by atoms with E-state index in [0.29, 0.717) is 31.1 Å². The summed E-state index contributed by atoms with van der Waals surface area (Å²) in [6, 6.07) is 12.1. The van der Waals surface area contributed by atoms with Crippen LogP contribution in [0.25, 0.3) is 0 Å². The zero-order chi connectivity index (χ0) is 18.6. The molecule has 0 aromatic heterocycles. The monoisotopic (exact) mass is 357 g/mol. The van der Waals surface area contributed by atoms with Gasteiger partial charge in [0.15, 0.2) is 0 Å². The largest absolute Gasteiger partial charge is 0.496 e. The molecular weight excluding hydrogens is 333 g/mol. The first-order chi connectivity index (χ1) is 12.5. The molecule has 26 heavy (non-hydrogen) atoms. The number of benzene rings is 2. The smallest absolute Gasteiger partial charge is 0.255 e. The molecule has 0 radical (unpaired) electrons. The van der Waals surface area contributed by atoms with E-state index < -0.39 is 0 Å². The van der Waals surface area contributed by atoms with E-state index in [1.165, 1.54) is 6.07 Å². The Morgan fingerprint density at radius 3 is 2.69 bits per heavy atom. The Kier molecular flexibility index (Phi) is 5.57. The second-order valence-electron chi connectivity index (χ2n) is 6.79. The fourth-order valence-corrected chi connectivity index (χ4v) is 3.49. The molecule has 1 saturated heterocycles. The number of carbonyl (C=O) groups excluding carboxylic acids is 1. The minimum atomic E-state index is -0.326. The van der Waals surface area contributed by atoms with Gasteiger partial charge in [-0.1, -0.05) is 23.8 Å². The van der Waals surface area contributed by atoms with Gasteiger partial charge in [0, 0.05) is 25.2 Å². The van der Waals surface area contributed by atoms with Crippen LogP contribution >= 0.6 is 0 Å². The van der Waals surface area contributed by atoms with Crippen LogP contribution in [-0.4, -0.2) is 32.8 Å². The van der Waals surface area contributed by atoms with Crippen molar-refractivity contribution < 1.29 is 18.7 Å². The Morgan fingerprint density at radius 1 is 1.23 bits per heavy atom. The molecule has 0 spiro atoms. The first-order valence-corrected chi connectivity index (χ1v) is 8.81. The van der Waals surface area contributed by atoms with Crippen LogP contribution in [0.15, 0.2) is 42.5 Å². The van der Waals surface area contributed by atoms with Gasteiger partial charge in [-0.05, 0) is 49.6 Å². The van der Waals surface area contributed by atoms with Crippen LogP contribution in [0, 0.1) is 12.7 Å². The number of methoxy groups -OCH3 is 1. The topological polar surface area (TPSA) is 47.6 Å². The lowest BCUT2D eigenvalue weighted by molar-refractivity contribution is 0.0486. The van der Waals surface area contributed by atoms with Crippen LogP contribution in [0.2, 0.25) is 0 Å². The highest BCUT2D eigenvalue weighted by Crippen LogP contribution is 2.35. The molecule has 3 rings (SSSR count). The number of carbonyl (C=O) groups is 1. The summed E-state index contributed by atoms with van der Waals surface area (Å²) in [5.74, 6) is 0.0905. The molecule has 5 heteroatoms. The van der Waals surface area contributed by atoms with Crippen LogP contribution < -0.4 is 10.1 Å². The summed E-state index contributed by atoms with van der Waals surface area (Å²) in [6.45, 7) is 3.55. The Hall–Kier alpha value is -2.40. The number of rotatable bonds is 5. The molecule has 0 bridgehead atoms. The Labute approximate surface area is 153 Å². The summed E-state index contributed by atoms with van der Waals surface area (Å²) in [5, 5.41) is 3.03. The number of hydrogen-bond acceptors (Lipinski definition) is 3. The first kappa shape index (κ1) is 18.4. The van der Waals surface area contributed by atoms with Gasteiger partial charge in [-0.3, -0.25) is 4.79 Å². The molecule has 0 aliphatic carbocycles. The Bertz CT molecular complexity index is 785. The summed E-state index contributed by atoms with van der Waals surface area (Å²) in [7, 11) is 1.55. The third-order valence-corrected chi connectivity index (χ3v) is 5.07. The van der Waals surface area contributed by atoms with E-state index in [4.69, 9.17) is 9.47 Å². The normalized spacial score (nSPS) is 16.1. The molecule has 0 unspecified atom stereocenters. The lowest BCUT2D eigenvalue weighted by Crippen LogP contribution is -2.44. The maximum absolute atomic E-state index is 13.8. The number of ether oxygens (including phenoxy) is 2. The number of hydrogen-bond donors (Lipinski definition) is 1. The quantitative estimate of drug-likeness (QED) is 0.889. The third-order valence-electron chi connectivity index (χ3n) is 5.07. The number of halogens is 1. The number of nitrogens with one attached hydrogen (secondary N) is 1. The predicted molar refractivity (Wildman–Crippen MR) is 98.2 cm³/mol. The van der Waals surface area contributed by atoms with E-state index in [1.807, 2.05) is 25.1 Å². The van der Waals surface area contributed by atoms with E-state index in [9.17, 15) is 9.18 Å². The fourth-order valence-electron chi connectivity index (χ4n) is 3.49. The van der Waals surface area contributed by atoms with Gasteiger partial charge in [0.2, 0.25) is 0 Å². The zero-order valence-corrected chi connectivity index (χ0v) is 15.2. The molecule has 1 aliphatic rings. The van der Waals surface area contributed by atoms with Crippen molar-refractivity contribution in [2.75, 3.05) is 26.9 Å². The first-order valence-electron chi connectivity index (χ1n) is 8.81. The summed E-state index contributed by atoms with van der Waals surface area (Å²) < 4.78 is 24.6. The molecule has 2 aromatic carbocycles. The minimum Gasteiger partial charge on any atom is -0.496 e. The maximum atomic E-state index is 13.8. The van der Waals surface area contributed by atoms with Crippen molar-refractivity contribution in [3.8, 4) is 5.75 Å². The van der Waals surface area contributed by atoms with Gasteiger partial charge >= 0.3 is 0 Å². The molecule has 0 atom stereocenters. The van der Waals surface area contributed by atoms with Crippen molar-refractivity contribution in [3.05, 3.63) is 65.0 Å². The lowest BCUT2D eigenvalue weighted by atomic mass is 9.74. The van der Waals surface area contributed by atoms with Gasteiger partial charge in [-0.2, -0.15) is 0 Å². The van der Waals surface area contributed by atoms with Gasteiger partial charge in [0.1, 0.15) is 11.6 Å². The Morgan fingerprint density at radius 2 is 2.00 bits per heavy atom. The van der Waals surface area contributed by atoms with Crippen LogP contribution in [0.5, 0.6) is 5.75 Å². The minimum absolute atomic E-state index is 0.187. The molecular formula is C21H24FNO3. The highest BCUT2D eigenvalue weighted by atomic mass is 19.1. The van der Waals surface area contributed by atoms with Gasteiger partial charge in [-0.25, -0.2) is 4.39 Å². The third kappa shape index (κ3) is 3.88. The van der Waals surface area contributed by atoms with E-state index in [0.717, 1.165) is 24.0 Å². The second-order valence-corrected chi connectivity index (χ2v) is 6.79. The highest BCUT2D eigenvalue weighted by Gasteiger charge is 2.35. The van der Waals surface area contributed by atoms with E-state index in [2.05, 4.69) is 5.32 Å². The van der Waals surface area contributed by atoms with Crippen molar-refractivity contribution in [1.82, 2.24) is 5.32 Å². The van der Waals surface area contributed by atoms with Gasteiger partial charge < -0.3 is 14.8 Å². The molecule has 1 heterocycles. The molecule has 1 amide bonds. The van der Waals surface area contributed by atoms with Crippen molar-refractivity contribution >= 4 is 5.91 Å². The Balaban J connectivity index is 1.82. The highest BCUT2D eigenvalue weighted by molar-refractivity contribution is 5.97. The SMILES string of the molecule is COc1ccc(C)cc1C(=O)NCC1(c2cccc(F)c2)CCOCC1. The van der Waals surface area contributed by atoms with Crippen LogP contribution in [0.3, 0.4) is 0 Å². The predicted octanol–water partition coefficient (Wildman–Crippen LogP) is 3.62. The molecule has 1 N–H and O–H groups in total. The van der Waals surface area contributed by atoms with Crippen molar-refractivity contribution in [2.24, 2.45) is 0 Å². The van der Waals surface area contributed by atoms with Gasteiger partial charge in [0.25, 0.3) is 5.91 Å². The molecule has 4 nitrogen and oxygen atoms in total. The number of amides is 1. The number of aryl methyl sites for hydroxylation is 1. The summed E-state index contributed by atoms with van der Waals surface area (Å²) >= 11 is 0. The lowest BCUT2D eigenvalue weighted by Gasteiger charge is -2.38. The molecule has 0 saturated carbocycles. The summed E-state index contributed by atoms with van der Waals surface area (Å²) in [4.78, 5) is 12.8. The van der Waals surface area contributed by atoms with Crippen LogP contribution in [-0.2, 0) is 10.2 Å². The van der Waals surface area contributed by atoms with E-state index in [1.54, 1.807) is 25.3 Å². The summed E-state index contributed by atoms with van der Waals surface area (Å²) in [5.41, 5.74) is 2.07. The average molecular weight is 357 g/mol. The average Bonchev–Trinajstić information content (AvgIpc) is 2.67. The van der Waals surface area contributed by atoms with Crippen molar-refractivity contribution in [1.29, 1.82) is 0 Å². The standard InChI is InChI=1S/C21H24FNO3/c1-15-6-7-19(25-2)18(12-15)20(24)23-14-21(8-10-26-11-9-21)16-4-3-5-17(22)13-16/h3-7,12-13H,8-11,14H2,1-2H3,(H,23,24). The van der Waals surface area contributed by atoms with Gasteiger partial charge in [0.05, 0.1) is 12.7 Å². The van der Waals surface area contributed by atoms with Crippen molar-refractivity contribution in [3.63, 3.8) is 0 Å². The molecule has 1 aliphatic heterocycles. The van der Waals surface area contributed by atoms with Crippen molar-refractivity contribution in [2.45, 2.75) is 25.2 Å². The van der Waals surface area contributed by atoms with E-state index >= 15 is 0 Å². The summed E-state index contributed by atoms with van der Waals surface area (Å²) in [6.07, 6.45) is 1.48. The van der Waals surface area contributed by atoms with Gasteiger partial charge in [-0.15, -0.1) is 0 Å². The van der Waals surface area contributed by atoms with Crippen LogP contribution in [0.4, 0.5) is 4.39 Å². The molecule has 138 valence electrons. The second kappa shape index (κ2) is 7.87. The maximum Gasteiger partial charge on any atom is 0.255 e. The van der Waals surface area contributed by atoms with Crippen LogP contribution in [0.1, 0.15) is 34.3 Å². The fraction of sp³-hybridized carbons (Fsp3) is 0.381. The van der Waals surface area contributed by atoms with E-state index in [-0.39, 0.29) is 17.1 Å².